The lowest BCUT2D eigenvalue weighted by Gasteiger charge is -2.29. The number of rotatable bonds is 6. The quantitative estimate of drug-likeness (QED) is 0.847. The maximum absolute atomic E-state index is 13.8. The summed E-state index contributed by atoms with van der Waals surface area (Å²) < 4.78 is 41.2. The third kappa shape index (κ3) is 4.25. The van der Waals surface area contributed by atoms with E-state index in [1.54, 1.807) is 0 Å². The van der Waals surface area contributed by atoms with Crippen LogP contribution in [0.4, 0.5) is 4.39 Å². The van der Waals surface area contributed by atoms with Gasteiger partial charge in [-0.25, -0.2) is 17.5 Å². The topological polar surface area (TPSA) is 72.2 Å². The minimum absolute atomic E-state index is 0.0393. The largest absolute Gasteiger partial charge is 0.326 e. The first-order chi connectivity index (χ1) is 9.51. The third-order valence-electron chi connectivity index (χ3n) is 4.16. The number of sulfonamides is 1. The van der Waals surface area contributed by atoms with Gasteiger partial charge in [0.2, 0.25) is 10.0 Å². The number of hydrogen-bond acceptors (Lipinski definition) is 3. The zero-order valence-electron chi connectivity index (χ0n) is 13.3. The van der Waals surface area contributed by atoms with E-state index >= 15 is 0 Å². The van der Waals surface area contributed by atoms with E-state index in [1.807, 2.05) is 27.7 Å². The summed E-state index contributed by atoms with van der Waals surface area (Å²) >= 11 is 0. The average molecular weight is 316 g/mol. The van der Waals surface area contributed by atoms with Crippen LogP contribution in [0.3, 0.4) is 0 Å². The van der Waals surface area contributed by atoms with Gasteiger partial charge in [-0.3, -0.25) is 0 Å². The fourth-order valence-corrected chi connectivity index (χ4v) is 3.19. The van der Waals surface area contributed by atoms with Crippen LogP contribution >= 0.6 is 0 Å². The molecule has 120 valence electrons. The molecule has 0 fully saturated rings. The first-order valence-corrected chi connectivity index (χ1v) is 8.48. The lowest BCUT2D eigenvalue weighted by molar-refractivity contribution is 0.252. The van der Waals surface area contributed by atoms with Crippen molar-refractivity contribution in [2.24, 2.45) is 17.1 Å². The van der Waals surface area contributed by atoms with Gasteiger partial charge in [-0.1, -0.05) is 27.7 Å². The summed E-state index contributed by atoms with van der Waals surface area (Å²) in [7, 11) is -3.76. The summed E-state index contributed by atoms with van der Waals surface area (Å²) in [4.78, 5) is -0.0393. The standard InChI is InChI=1S/C15H25FN2O2S/c1-10(2)15(4,5)9-18-21(19,20)14-7-12(8-17)6-13(16)11(14)3/h6-7,10,18H,8-9,17H2,1-5H3. The van der Waals surface area contributed by atoms with E-state index in [2.05, 4.69) is 4.72 Å². The van der Waals surface area contributed by atoms with Crippen molar-refractivity contribution in [1.29, 1.82) is 0 Å². The minimum atomic E-state index is -3.76. The Labute approximate surface area is 127 Å². The van der Waals surface area contributed by atoms with Gasteiger partial charge >= 0.3 is 0 Å². The van der Waals surface area contributed by atoms with Gasteiger partial charge < -0.3 is 5.73 Å². The molecule has 0 aliphatic carbocycles. The van der Waals surface area contributed by atoms with Crippen LogP contribution in [0, 0.1) is 24.1 Å². The molecule has 0 saturated heterocycles. The summed E-state index contributed by atoms with van der Waals surface area (Å²) in [5.41, 5.74) is 5.87. The van der Waals surface area contributed by atoms with E-state index in [4.69, 9.17) is 5.73 Å². The molecule has 0 aromatic heterocycles. The fourth-order valence-electron chi connectivity index (χ4n) is 1.67. The molecule has 1 aromatic carbocycles. The maximum atomic E-state index is 13.8. The van der Waals surface area contributed by atoms with Gasteiger partial charge in [-0.15, -0.1) is 0 Å². The van der Waals surface area contributed by atoms with Crippen molar-refractivity contribution in [3.63, 3.8) is 0 Å². The second-order valence-electron chi connectivity index (χ2n) is 6.37. The molecule has 3 N–H and O–H groups in total. The predicted molar refractivity (Wildman–Crippen MR) is 82.8 cm³/mol. The van der Waals surface area contributed by atoms with Crippen LogP contribution in [0.2, 0.25) is 0 Å². The third-order valence-corrected chi connectivity index (χ3v) is 5.69. The molecule has 1 aromatic rings. The van der Waals surface area contributed by atoms with Crippen molar-refractivity contribution in [3.8, 4) is 0 Å². The first kappa shape index (κ1) is 18.1. The molecule has 0 saturated carbocycles. The molecule has 0 aliphatic heterocycles. The maximum Gasteiger partial charge on any atom is 0.240 e. The SMILES string of the molecule is Cc1c(F)cc(CN)cc1S(=O)(=O)NCC(C)(C)C(C)C. The van der Waals surface area contributed by atoms with Crippen molar-refractivity contribution < 1.29 is 12.8 Å². The van der Waals surface area contributed by atoms with E-state index in [9.17, 15) is 12.8 Å². The van der Waals surface area contributed by atoms with Crippen molar-refractivity contribution in [2.75, 3.05) is 6.54 Å². The van der Waals surface area contributed by atoms with E-state index in [0.717, 1.165) is 0 Å². The molecule has 21 heavy (non-hydrogen) atoms. The molecule has 0 atom stereocenters. The molecule has 0 aliphatic rings. The average Bonchev–Trinajstić information content (AvgIpc) is 2.39. The summed E-state index contributed by atoms with van der Waals surface area (Å²) in [6, 6.07) is 2.70. The van der Waals surface area contributed by atoms with Gasteiger partial charge in [0.05, 0.1) is 4.90 Å². The highest BCUT2D eigenvalue weighted by atomic mass is 32.2. The summed E-state index contributed by atoms with van der Waals surface area (Å²) in [6.07, 6.45) is 0. The van der Waals surface area contributed by atoms with Gasteiger partial charge in [0, 0.05) is 18.7 Å². The molecule has 0 heterocycles. The normalized spacial score (nSPS) is 13.0. The highest BCUT2D eigenvalue weighted by molar-refractivity contribution is 7.89. The van der Waals surface area contributed by atoms with Crippen LogP contribution < -0.4 is 10.5 Å². The minimum Gasteiger partial charge on any atom is -0.326 e. The highest BCUT2D eigenvalue weighted by Gasteiger charge is 2.27. The number of hydrogen-bond donors (Lipinski definition) is 2. The second kappa shape index (κ2) is 6.42. The molecule has 1 rings (SSSR count). The molecule has 4 nitrogen and oxygen atoms in total. The Hall–Kier alpha value is -0.980. The molecule has 0 amide bonds. The van der Waals surface area contributed by atoms with Crippen molar-refractivity contribution in [2.45, 2.75) is 46.1 Å². The van der Waals surface area contributed by atoms with Gasteiger partial charge in [0.1, 0.15) is 5.82 Å². The molecule has 0 radical (unpaired) electrons. The van der Waals surface area contributed by atoms with Crippen LogP contribution in [0.5, 0.6) is 0 Å². The molecular formula is C15H25FN2O2S. The Morgan fingerprint density at radius 3 is 2.38 bits per heavy atom. The van der Waals surface area contributed by atoms with E-state index in [1.165, 1.54) is 19.1 Å². The van der Waals surface area contributed by atoms with Crippen molar-refractivity contribution in [1.82, 2.24) is 4.72 Å². The van der Waals surface area contributed by atoms with Gasteiger partial charge in [0.25, 0.3) is 0 Å². The zero-order valence-corrected chi connectivity index (χ0v) is 14.1. The van der Waals surface area contributed by atoms with Crippen LogP contribution in [-0.4, -0.2) is 15.0 Å². The number of halogens is 1. The van der Waals surface area contributed by atoms with Crippen LogP contribution in [-0.2, 0) is 16.6 Å². The molecular weight excluding hydrogens is 291 g/mol. The Balaban J connectivity index is 3.12. The van der Waals surface area contributed by atoms with Crippen LogP contribution in [0.1, 0.15) is 38.8 Å². The van der Waals surface area contributed by atoms with Gasteiger partial charge in [-0.2, -0.15) is 0 Å². The zero-order chi connectivity index (χ0) is 16.4. The number of nitrogens with two attached hydrogens (primary N) is 1. The molecule has 0 unspecified atom stereocenters. The number of nitrogens with one attached hydrogen (secondary N) is 1. The van der Waals surface area contributed by atoms with Crippen molar-refractivity contribution >= 4 is 10.0 Å². The van der Waals surface area contributed by atoms with E-state index < -0.39 is 15.8 Å². The Morgan fingerprint density at radius 1 is 1.33 bits per heavy atom. The Morgan fingerprint density at radius 2 is 1.90 bits per heavy atom. The van der Waals surface area contributed by atoms with E-state index in [0.29, 0.717) is 18.0 Å². The molecule has 6 heteroatoms. The smallest absolute Gasteiger partial charge is 0.240 e. The Kier molecular flexibility index (Phi) is 5.52. The summed E-state index contributed by atoms with van der Waals surface area (Å²) in [6.45, 7) is 9.90. The summed E-state index contributed by atoms with van der Waals surface area (Å²) in [5, 5.41) is 0. The lowest BCUT2D eigenvalue weighted by Crippen LogP contribution is -2.37. The molecule has 0 spiro atoms. The van der Waals surface area contributed by atoms with E-state index in [-0.39, 0.29) is 22.4 Å². The Bertz CT molecular complexity index is 610. The van der Waals surface area contributed by atoms with Gasteiger partial charge in [-0.05, 0) is 36.0 Å². The van der Waals surface area contributed by atoms with Crippen LogP contribution in [0.15, 0.2) is 17.0 Å². The summed E-state index contributed by atoms with van der Waals surface area (Å²) in [5.74, 6) is -0.241. The number of benzene rings is 1. The van der Waals surface area contributed by atoms with Gasteiger partial charge in [0.15, 0.2) is 0 Å². The first-order valence-electron chi connectivity index (χ1n) is 7.00. The monoisotopic (exact) mass is 316 g/mol. The highest BCUT2D eigenvalue weighted by Crippen LogP contribution is 2.26. The second-order valence-corrected chi connectivity index (χ2v) is 8.11. The predicted octanol–water partition coefficient (Wildman–Crippen LogP) is 2.55. The van der Waals surface area contributed by atoms with Crippen molar-refractivity contribution in [3.05, 3.63) is 29.1 Å². The van der Waals surface area contributed by atoms with Crippen LogP contribution in [0.25, 0.3) is 0 Å². The fraction of sp³-hybridized carbons (Fsp3) is 0.600. The molecule has 0 bridgehead atoms. The lowest BCUT2D eigenvalue weighted by atomic mass is 9.81.